The second-order valence-electron chi connectivity index (χ2n) is 4.99. The van der Waals surface area contributed by atoms with Crippen LogP contribution >= 0.6 is 0 Å². The van der Waals surface area contributed by atoms with Crippen LogP contribution in [0.25, 0.3) is 5.52 Å². The van der Waals surface area contributed by atoms with Crippen molar-refractivity contribution < 1.29 is 9.47 Å². The average Bonchev–Trinajstić information content (AvgIpc) is 3.07. The lowest BCUT2D eigenvalue weighted by Gasteiger charge is -2.25. The Morgan fingerprint density at radius 2 is 2.47 bits per heavy atom. The summed E-state index contributed by atoms with van der Waals surface area (Å²) in [6.45, 7) is 3.05. The molecule has 1 aliphatic heterocycles. The highest BCUT2D eigenvalue weighted by Gasteiger charge is 2.34. The Labute approximate surface area is 112 Å². The summed E-state index contributed by atoms with van der Waals surface area (Å²) < 4.78 is 12.9. The third-order valence-corrected chi connectivity index (χ3v) is 3.77. The van der Waals surface area contributed by atoms with Gasteiger partial charge in [-0.1, -0.05) is 6.07 Å². The Morgan fingerprint density at radius 3 is 3.26 bits per heavy atom. The average molecular weight is 261 g/mol. The normalized spacial score (nSPS) is 23.2. The first-order valence-electron chi connectivity index (χ1n) is 6.58. The van der Waals surface area contributed by atoms with Gasteiger partial charge in [-0.15, -0.1) is 0 Å². The molecule has 5 heteroatoms. The van der Waals surface area contributed by atoms with E-state index >= 15 is 0 Å². The summed E-state index contributed by atoms with van der Waals surface area (Å²) in [5.74, 6) is 0. The van der Waals surface area contributed by atoms with E-state index in [2.05, 4.69) is 16.5 Å². The Morgan fingerprint density at radius 1 is 1.53 bits per heavy atom. The fraction of sp³-hybridized carbons (Fsp3) is 0.500. The van der Waals surface area contributed by atoms with Crippen molar-refractivity contribution in [2.24, 2.45) is 0 Å². The fourth-order valence-electron chi connectivity index (χ4n) is 2.51. The molecule has 0 radical (unpaired) electrons. The van der Waals surface area contributed by atoms with Crippen molar-refractivity contribution >= 4 is 5.52 Å². The van der Waals surface area contributed by atoms with E-state index in [-0.39, 0.29) is 5.60 Å². The topological polar surface area (TPSA) is 47.8 Å². The molecule has 0 aliphatic carbocycles. The zero-order valence-corrected chi connectivity index (χ0v) is 11.1. The zero-order chi connectivity index (χ0) is 13.1. The molecular weight excluding hydrogens is 242 g/mol. The van der Waals surface area contributed by atoms with Crippen LogP contribution in [-0.2, 0) is 16.0 Å². The first kappa shape index (κ1) is 12.6. The highest BCUT2D eigenvalue weighted by molar-refractivity contribution is 5.53. The number of hydrogen-bond donors (Lipinski definition) is 1. The first-order valence-corrected chi connectivity index (χ1v) is 6.58. The summed E-state index contributed by atoms with van der Waals surface area (Å²) in [4.78, 5) is 0. The van der Waals surface area contributed by atoms with Crippen molar-refractivity contribution in [1.82, 2.24) is 14.9 Å². The first-order chi connectivity index (χ1) is 9.33. The van der Waals surface area contributed by atoms with Gasteiger partial charge >= 0.3 is 0 Å². The van der Waals surface area contributed by atoms with Gasteiger partial charge in [0.2, 0.25) is 0 Å². The predicted molar refractivity (Wildman–Crippen MR) is 72.1 cm³/mol. The van der Waals surface area contributed by atoms with E-state index in [1.54, 1.807) is 7.11 Å². The van der Waals surface area contributed by atoms with Gasteiger partial charge in [0.15, 0.2) is 0 Å². The monoisotopic (exact) mass is 261 g/mol. The van der Waals surface area contributed by atoms with E-state index in [0.717, 1.165) is 31.6 Å². The van der Waals surface area contributed by atoms with Gasteiger partial charge in [-0.3, -0.25) is 0 Å². The van der Waals surface area contributed by atoms with Crippen LogP contribution in [0.15, 0.2) is 30.6 Å². The van der Waals surface area contributed by atoms with Crippen LogP contribution in [-0.4, -0.2) is 42.1 Å². The molecule has 1 N–H and O–H groups in total. The standard InChI is InChI=1S/C14H19N3O2/c1-18-14(5-7-19-11-14)10-15-8-12-9-16-17-6-3-2-4-13(12)17/h2-4,6,9,15H,5,7-8,10-11H2,1H3. The zero-order valence-electron chi connectivity index (χ0n) is 11.1. The van der Waals surface area contributed by atoms with Crippen LogP contribution in [0.2, 0.25) is 0 Å². The van der Waals surface area contributed by atoms with Crippen molar-refractivity contribution in [2.75, 3.05) is 26.9 Å². The predicted octanol–water partition coefficient (Wildman–Crippen LogP) is 1.23. The van der Waals surface area contributed by atoms with E-state index < -0.39 is 0 Å². The molecule has 1 fully saturated rings. The molecule has 0 amide bonds. The van der Waals surface area contributed by atoms with Gasteiger partial charge in [0.1, 0.15) is 5.60 Å². The van der Waals surface area contributed by atoms with Crippen molar-refractivity contribution in [2.45, 2.75) is 18.6 Å². The van der Waals surface area contributed by atoms with Crippen LogP contribution in [0, 0.1) is 0 Å². The molecule has 2 aromatic heterocycles. The molecular formula is C14H19N3O2. The molecule has 3 rings (SSSR count). The van der Waals surface area contributed by atoms with Gasteiger partial charge in [0.25, 0.3) is 0 Å². The molecule has 1 unspecified atom stereocenters. The van der Waals surface area contributed by atoms with E-state index in [9.17, 15) is 0 Å². The van der Waals surface area contributed by atoms with E-state index in [1.165, 1.54) is 5.56 Å². The third-order valence-electron chi connectivity index (χ3n) is 3.77. The van der Waals surface area contributed by atoms with Crippen LogP contribution in [0.3, 0.4) is 0 Å². The smallest absolute Gasteiger partial charge is 0.106 e. The summed E-state index contributed by atoms with van der Waals surface area (Å²) >= 11 is 0. The number of hydrogen-bond acceptors (Lipinski definition) is 4. The minimum atomic E-state index is -0.164. The number of pyridine rings is 1. The van der Waals surface area contributed by atoms with E-state index in [1.807, 2.05) is 29.0 Å². The molecule has 1 saturated heterocycles. The van der Waals surface area contributed by atoms with Gasteiger partial charge in [0.05, 0.1) is 18.3 Å². The molecule has 3 heterocycles. The molecule has 19 heavy (non-hydrogen) atoms. The van der Waals surface area contributed by atoms with Gasteiger partial charge < -0.3 is 14.8 Å². The number of rotatable bonds is 5. The molecule has 5 nitrogen and oxygen atoms in total. The maximum atomic E-state index is 5.60. The number of ether oxygens (including phenoxy) is 2. The molecule has 0 bridgehead atoms. The molecule has 0 aromatic carbocycles. The largest absolute Gasteiger partial charge is 0.378 e. The van der Waals surface area contributed by atoms with Gasteiger partial charge in [-0.05, 0) is 12.1 Å². The minimum Gasteiger partial charge on any atom is -0.378 e. The molecule has 0 saturated carbocycles. The summed E-state index contributed by atoms with van der Waals surface area (Å²) in [5, 5.41) is 7.78. The lowest BCUT2D eigenvalue weighted by Crippen LogP contribution is -2.42. The number of fused-ring (bicyclic) bond motifs is 1. The Bertz CT molecular complexity index is 546. The third kappa shape index (κ3) is 2.49. The number of aromatic nitrogens is 2. The van der Waals surface area contributed by atoms with Gasteiger partial charge in [-0.25, -0.2) is 4.52 Å². The molecule has 1 atom stereocenters. The van der Waals surface area contributed by atoms with Crippen molar-refractivity contribution in [1.29, 1.82) is 0 Å². The second kappa shape index (κ2) is 5.28. The Hall–Kier alpha value is -1.43. The fourth-order valence-corrected chi connectivity index (χ4v) is 2.51. The van der Waals surface area contributed by atoms with Crippen LogP contribution in [0.5, 0.6) is 0 Å². The van der Waals surface area contributed by atoms with Gasteiger partial charge in [-0.2, -0.15) is 5.10 Å². The Kier molecular flexibility index (Phi) is 3.50. The molecule has 2 aromatic rings. The lowest BCUT2D eigenvalue weighted by atomic mass is 10.0. The summed E-state index contributed by atoms with van der Waals surface area (Å²) in [6, 6.07) is 6.09. The molecule has 1 aliphatic rings. The number of methoxy groups -OCH3 is 1. The van der Waals surface area contributed by atoms with Crippen molar-refractivity contribution in [3.05, 3.63) is 36.2 Å². The summed E-state index contributed by atoms with van der Waals surface area (Å²) in [5.41, 5.74) is 2.18. The highest BCUT2D eigenvalue weighted by Crippen LogP contribution is 2.21. The van der Waals surface area contributed by atoms with E-state index in [0.29, 0.717) is 6.61 Å². The maximum absolute atomic E-state index is 5.60. The molecule has 102 valence electrons. The minimum absolute atomic E-state index is 0.164. The van der Waals surface area contributed by atoms with Gasteiger partial charge in [0, 0.05) is 45.0 Å². The number of nitrogens with one attached hydrogen (secondary N) is 1. The highest BCUT2D eigenvalue weighted by atomic mass is 16.5. The molecule has 0 spiro atoms. The van der Waals surface area contributed by atoms with Crippen LogP contribution in [0.1, 0.15) is 12.0 Å². The van der Waals surface area contributed by atoms with E-state index in [4.69, 9.17) is 9.47 Å². The number of nitrogens with zero attached hydrogens (tertiary/aromatic N) is 2. The lowest BCUT2D eigenvalue weighted by molar-refractivity contribution is -0.0159. The SMILES string of the molecule is COC1(CNCc2cnn3ccccc23)CCOC1. The Balaban J connectivity index is 1.63. The van der Waals surface area contributed by atoms with Crippen LogP contribution in [0.4, 0.5) is 0 Å². The maximum Gasteiger partial charge on any atom is 0.106 e. The van der Waals surface area contributed by atoms with Crippen molar-refractivity contribution in [3.8, 4) is 0 Å². The quantitative estimate of drug-likeness (QED) is 0.879. The van der Waals surface area contributed by atoms with Crippen molar-refractivity contribution in [3.63, 3.8) is 0 Å². The summed E-state index contributed by atoms with van der Waals surface area (Å²) in [6.07, 6.45) is 4.82. The summed E-state index contributed by atoms with van der Waals surface area (Å²) in [7, 11) is 1.76. The second-order valence-corrected chi connectivity index (χ2v) is 4.99. The van der Waals surface area contributed by atoms with Crippen LogP contribution < -0.4 is 5.32 Å².